The van der Waals surface area contributed by atoms with Gasteiger partial charge in [0.25, 0.3) is 5.91 Å². The summed E-state index contributed by atoms with van der Waals surface area (Å²) >= 11 is 6.80. The maximum atomic E-state index is 12.2. The summed E-state index contributed by atoms with van der Waals surface area (Å²) < 4.78 is 6.81. The first-order valence-corrected chi connectivity index (χ1v) is 7.53. The molecule has 0 radical (unpaired) electrons. The Hall–Kier alpha value is -1.17. The zero-order valence-electron chi connectivity index (χ0n) is 10.8. The number of carbonyl (C=O) groups is 1. The van der Waals surface area contributed by atoms with E-state index in [4.69, 9.17) is 4.74 Å². The van der Waals surface area contributed by atoms with Gasteiger partial charge in [0, 0.05) is 21.6 Å². The van der Waals surface area contributed by atoms with Crippen LogP contribution in [0.15, 0.2) is 51.4 Å². The van der Waals surface area contributed by atoms with Crippen LogP contribution in [0, 0.1) is 0 Å². The van der Waals surface area contributed by atoms with Crippen LogP contribution >= 0.6 is 31.9 Å². The zero-order valence-corrected chi connectivity index (χ0v) is 14.0. The van der Waals surface area contributed by atoms with Gasteiger partial charge in [0.05, 0.1) is 12.3 Å². The Kier molecular flexibility index (Phi) is 5.34. The minimum atomic E-state index is -0.151. The van der Waals surface area contributed by atoms with Crippen molar-refractivity contribution < 1.29 is 9.53 Å². The molecule has 5 heteroatoms. The SMILES string of the molecule is COCc1cccc(C(=O)Nc2cc(Br)ccc2Br)c1. The first kappa shape index (κ1) is 15.2. The molecule has 0 aromatic heterocycles. The van der Waals surface area contributed by atoms with Crippen molar-refractivity contribution in [3.63, 3.8) is 0 Å². The highest BCUT2D eigenvalue weighted by Crippen LogP contribution is 2.26. The molecule has 0 unspecified atom stereocenters. The van der Waals surface area contributed by atoms with Crippen molar-refractivity contribution in [3.8, 4) is 0 Å². The van der Waals surface area contributed by atoms with Crippen LogP contribution in [0.4, 0.5) is 5.69 Å². The van der Waals surface area contributed by atoms with E-state index >= 15 is 0 Å². The van der Waals surface area contributed by atoms with Crippen LogP contribution in [0.5, 0.6) is 0 Å². The van der Waals surface area contributed by atoms with E-state index in [1.807, 2.05) is 36.4 Å². The van der Waals surface area contributed by atoms with Crippen LogP contribution in [0.2, 0.25) is 0 Å². The number of hydrogen-bond acceptors (Lipinski definition) is 2. The lowest BCUT2D eigenvalue weighted by atomic mass is 10.1. The molecule has 1 N–H and O–H groups in total. The minimum Gasteiger partial charge on any atom is -0.380 e. The molecule has 0 bridgehead atoms. The van der Waals surface area contributed by atoms with Gasteiger partial charge in [-0.2, -0.15) is 0 Å². The fourth-order valence-electron chi connectivity index (χ4n) is 1.76. The summed E-state index contributed by atoms with van der Waals surface area (Å²) in [7, 11) is 1.63. The molecular weight excluding hydrogens is 386 g/mol. The molecule has 1 amide bonds. The lowest BCUT2D eigenvalue weighted by Crippen LogP contribution is -2.12. The van der Waals surface area contributed by atoms with Gasteiger partial charge in [0.1, 0.15) is 0 Å². The number of benzene rings is 2. The lowest BCUT2D eigenvalue weighted by Gasteiger charge is -2.09. The second-order valence-corrected chi connectivity index (χ2v) is 5.98. The normalized spacial score (nSPS) is 10.3. The average molecular weight is 399 g/mol. The third kappa shape index (κ3) is 3.91. The van der Waals surface area contributed by atoms with Crippen molar-refractivity contribution in [1.82, 2.24) is 0 Å². The topological polar surface area (TPSA) is 38.3 Å². The van der Waals surface area contributed by atoms with Crippen LogP contribution in [0.25, 0.3) is 0 Å². The second-order valence-electron chi connectivity index (χ2n) is 4.21. The van der Waals surface area contributed by atoms with E-state index in [9.17, 15) is 4.79 Å². The van der Waals surface area contributed by atoms with E-state index in [2.05, 4.69) is 37.2 Å². The highest BCUT2D eigenvalue weighted by molar-refractivity contribution is 9.11. The predicted molar refractivity (Wildman–Crippen MR) is 87.0 cm³/mol. The van der Waals surface area contributed by atoms with Gasteiger partial charge in [-0.3, -0.25) is 4.79 Å². The van der Waals surface area contributed by atoms with Crippen LogP contribution < -0.4 is 5.32 Å². The molecule has 0 saturated carbocycles. The summed E-state index contributed by atoms with van der Waals surface area (Å²) in [5.74, 6) is -0.151. The molecular formula is C15H13Br2NO2. The van der Waals surface area contributed by atoms with Crippen LogP contribution in [-0.4, -0.2) is 13.0 Å². The number of amides is 1. The molecule has 2 rings (SSSR count). The second kappa shape index (κ2) is 7.02. The van der Waals surface area contributed by atoms with Crippen molar-refractivity contribution >= 4 is 43.5 Å². The maximum absolute atomic E-state index is 12.2. The summed E-state index contributed by atoms with van der Waals surface area (Å²) in [6, 6.07) is 13.0. The standard InChI is InChI=1S/C15H13Br2NO2/c1-20-9-10-3-2-4-11(7-10)15(19)18-14-8-12(16)5-6-13(14)17/h2-8H,9H2,1H3,(H,18,19). The van der Waals surface area contributed by atoms with Crippen molar-refractivity contribution in [2.45, 2.75) is 6.61 Å². The average Bonchev–Trinajstić information content (AvgIpc) is 2.43. The maximum Gasteiger partial charge on any atom is 0.255 e. The first-order valence-electron chi connectivity index (χ1n) is 5.94. The summed E-state index contributed by atoms with van der Waals surface area (Å²) in [6.07, 6.45) is 0. The van der Waals surface area contributed by atoms with Crippen LogP contribution in [0.1, 0.15) is 15.9 Å². The number of methoxy groups -OCH3 is 1. The number of nitrogens with one attached hydrogen (secondary N) is 1. The molecule has 0 aliphatic rings. The molecule has 104 valence electrons. The molecule has 2 aromatic rings. The van der Waals surface area contributed by atoms with Gasteiger partial charge in [-0.1, -0.05) is 28.1 Å². The Morgan fingerprint density at radius 1 is 1.20 bits per heavy atom. The van der Waals surface area contributed by atoms with Gasteiger partial charge >= 0.3 is 0 Å². The zero-order chi connectivity index (χ0) is 14.5. The quantitative estimate of drug-likeness (QED) is 0.816. The molecule has 0 fully saturated rings. The summed E-state index contributed by atoms with van der Waals surface area (Å²) in [5.41, 5.74) is 2.29. The van der Waals surface area contributed by atoms with Crippen LogP contribution in [0.3, 0.4) is 0 Å². The monoisotopic (exact) mass is 397 g/mol. The van der Waals surface area contributed by atoms with E-state index in [1.54, 1.807) is 13.2 Å². The van der Waals surface area contributed by atoms with Crippen LogP contribution in [-0.2, 0) is 11.3 Å². The fourth-order valence-corrected chi connectivity index (χ4v) is 2.46. The number of hydrogen-bond donors (Lipinski definition) is 1. The van der Waals surface area contributed by atoms with Crippen molar-refractivity contribution in [2.75, 3.05) is 12.4 Å². The third-order valence-electron chi connectivity index (χ3n) is 2.68. The van der Waals surface area contributed by atoms with E-state index in [1.165, 1.54) is 0 Å². The summed E-state index contributed by atoms with van der Waals surface area (Å²) in [5, 5.41) is 2.88. The Balaban J connectivity index is 2.19. The number of anilines is 1. The highest BCUT2D eigenvalue weighted by atomic mass is 79.9. The number of rotatable bonds is 4. The van der Waals surface area contributed by atoms with Gasteiger partial charge < -0.3 is 10.1 Å². The van der Waals surface area contributed by atoms with E-state index in [-0.39, 0.29) is 5.91 Å². The number of carbonyl (C=O) groups excluding carboxylic acids is 1. The largest absolute Gasteiger partial charge is 0.380 e. The van der Waals surface area contributed by atoms with Gasteiger partial charge in [-0.05, 0) is 51.8 Å². The molecule has 0 saturated heterocycles. The van der Waals surface area contributed by atoms with E-state index in [0.717, 1.165) is 20.2 Å². The molecule has 0 aliphatic heterocycles. The number of ether oxygens (including phenoxy) is 1. The van der Waals surface area contributed by atoms with E-state index in [0.29, 0.717) is 12.2 Å². The van der Waals surface area contributed by atoms with E-state index < -0.39 is 0 Å². The van der Waals surface area contributed by atoms with Gasteiger partial charge in [-0.15, -0.1) is 0 Å². The molecule has 0 aliphatic carbocycles. The Morgan fingerprint density at radius 3 is 2.75 bits per heavy atom. The number of halogens is 2. The first-order chi connectivity index (χ1) is 9.60. The molecule has 2 aromatic carbocycles. The Labute approximate surface area is 134 Å². The predicted octanol–water partition coefficient (Wildman–Crippen LogP) is 4.61. The Morgan fingerprint density at radius 2 is 2.00 bits per heavy atom. The van der Waals surface area contributed by atoms with Gasteiger partial charge in [-0.25, -0.2) is 0 Å². The smallest absolute Gasteiger partial charge is 0.255 e. The third-order valence-corrected chi connectivity index (χ3v) is 3.86. The van der Waals surface area contributed by atoms with Crippen molar-refractivity contribution in [1.29, 1.82) is 0 Å². The molecule has 0 heterocycles. The molecule has 3 nitrogen and oxygen atoms in total. The highest BCUT2D eigenvalue weighted by Gasteiger charge is 2.09. The lowest BCUT2D eigenvalue weighted by molar-refractivity contribution is 0.102. The molecule has 0 atom stereocenters. The molecule has 20 heavy (non-hydrogen) atoms. The summed E-state index contributed by atoms with van der Waals surface area (Å²) in [6.45, 7) is 0.488. The van der Waals surface area contributed by atoms with Crippen molar-refractivity contribution in [2.24, 2.45) is 0 Å². The summed E-state index contributed by atoms with van der Waals surface area (Å²) in [4.78, 5) is 12.2. The Bertz CT molecular complexity index is 629. The van der Waals surface area contributed by atoms with Gasteiger partial charge in [0.2, 0.25) is 0 Å². The van der Waals surface area contributed by atoms with Crippen molar-refractivity contribution in [3.05, 3.63) is 62.5 Å². The molecule has 0 spiro atoms. The van der Waals surface area contributed by atoms with Gasteiger partial charge in [0.15, 0.2) is 0 Å². The fraction of sp³-hybridized carbons (Fsp3) is 0.133. The minimum absolute atomic E-state index is 0.151.